The molecule has 0 saturated heterocycles. The third-order valence-corrected chi connectivity index (χ3v) is 4.83. The van der Waals surface area contributed by atoms with E-state index in [1.165, 1.54) is 17.5 Å². The summed E-state index contributed by atoms with van der Waals surface area (Å²) in [5.41, 5.74) is 1.77. The number of pyridine rings is 1. The van der Waals surface area contributed by atoms with Gasteiger partial charge < -0.3 is 14.2 Å². The van der Waals surface area contributed by atoms with Crippen LogP contribution in [0.5, 0.6) is 11.5 Å². The van der Waals surface area contributed by atoms with Crippen LogP contribution in [0.15, 0.2) is 41.9 Å². The standard InChI is InChI=1S/C19H17ClN2O4S/c1-3-25-15-7-6-12(9-16(15)24-2)18-22-13(11-27-18)10-26-19(23)14-5-4-8-21-17(14)20/h4-9,11H,3,10H2,1-2H3. The zero-order valence-corrected chi connectivity index (χ0v) is 16.3. The molecule has 3 aromatic rings. The number of hydrogen-bond donors (Lipinski definition) is 0. The summed E-state index contributed by atoms with van der Waals surface area (Å²) < 4.78 is 16.2. The van der Waals surface area contributed by atoms with Crippen molar-refractivity contribution in [3.05, 3.63) is 58.3 Å². The fourth-order valence-corrected chi connectivity index (χ4v) is 3.33. The van der Waals surface area contributed by atoms with Crippen molar-refractivity contribution in [2.24, 2.45) is 0 Å². The summed E-state index contributed by atoms with van der Waals surface area (Å²) in [5, 5.41) is 2.75. The number of carbonyl (C=O) groups excluding carboxylic acids is 1. The third-order valence-electron chi connectivity index (χ3n) is 3.59. The highest BCUT2D eigenvalue weighted by molar-refractivity contribution is 7.13. The topological polar surface area (TPSA) is 70.5 Å². The van der Waals surface area contributed by atoms with E-state index in [0.29, 0.717) is 23.8 Å². The highest BCUT2D eigenvalue weighted by Crippen LogP contribution is 2.33. The van der Waals surface area contributed by atoms with Crippen molar-refractivity contribution >= 4 is 28.9 Å². The molecule has 2 heterocycles. The maximum absolute atomic E-state index is 12.1. The van der Waals surface area contributed by atoms with Crippen LogP contribution >= 0.6 is 22.9 Å². The van der Waals surface area contributed by atoms with Gasteiger partial charge in [0.15, 0.2) is 11.5 Å². The summed E-state index contributed by atoms with van der Waals surface area (Å²) in [4.78, 5) is 20.5. The molecule has 0 unspecified atom stereocenters. The van der Waals surface area contributed by atoms with Crippen LogP contribution in [0.2, 0.25) is 5.15 Å². The summed E-state index contributed by atoms with van der Waals surface area (Å²) in [6, 6.07) is 8.83. The number of methoxy groups -OCH3 is 1. The van der Waals surface area contributed by atoms with Crippen molar-refractivity contribution in [2.75, 3.05) is 13.7 Å². The number of benzene rings is 1. The molecule has 0 atom stereocenters. The van der Waals surface area contributed by atoms with Crippen LogP contribution in [0.4, 0.5) is 0 Å². The molecule has 0 aliphatic carbocycles. The van der Waals surface area contributed by atoms with Gasteiger partial charge in [0.1, 0.15) is 16.8 Å². The molecule has 0 bridgehead atoms. The molecule has 3 rings (SSSR count). The maximum Gasteiger partial charge on any atom is 0.341 e. The van der Waals surface area contributed by atoms with Gasteiger partial charge in [-0.3, -0.25) is 0 Å². The first-order chi connectivity index (χ1) is 13.1. The van der Waals surface area contributed by atoms with Gasteiger partial charge in [-0.15, -0.1) is 11.3 Å². The van der Waals surface area contributed by atoms with E-state index in [0.717, 1.165) is 10.6 Å². The highest BCUT2D eigenvalue weighted by atomic mass is 35.5. The second-order valence-corrected chi connectivity index (χ2v) is 6.58. The Labute approximate surface area is 165 Å². The van der Waals surface area contributed by atoms with Gasteiger partial charge in [-0.05, 0) is 37.3 Å². The molecule has 1 aromatic carbocycles. The molecule has 0 radical (unpaired) electrons. The predicted molar refractivity (Wildman–Crippen MR) is 104 cm³/mol. The first-order valence-corrected chi connectivity index (χ1v) is 9.41. The average Bonchev–Trinajstić information content (AvgIpc) is 3.16. The number of hydrogen-bond acceptors (Lipinski definition) is 7. The largest absolute Gasteiger partial charge is 0.493 e. The van der Waals surface area contributed by atoms with Crippen molar-refractivity contribution in [2.45, 2.75) is 13.5 Å². The Hall–Kier alpha value is -2.64. The number of carbonyl (C=O) groups is 1. The molecular weight excluding hydrogens is 388 g/mol. The molecule has 0 spiro atoms. The Kier molecular flexibility index (Phi) is 6.26. The van der Waals surface area contributed by atoms with E-state index in [1.807, 2.05) is 30.5 Å². The predicted octanol–water partition coefficient (Wildman–Crippen LogP) is 4.62. The van der Waals surface area contributed by atoms with Gasteiger partial charge in [-0.25, -0.2) is 14.8 Å². The molecule has 8 heteroatoms. The fraction of sp³-hybridized carbons (Fsp3) is 0.211. The summed E-state index contributed by atoms with van der Waals surface area (Å²) in [7, 11) is 1.60. The second kappa shape index (κ2) is 8.83. The average molecular weight is 405 g/mol. The van der Waals surface area contributed by atoms with Crippen LogP contribution in [0, 0.1) is 0 Å². The third kappa shape index (κ3) is 4.56. The normalized spacial score (nSPS) is 10.5. The smallest absolute Gasteiger partial charge is 0.341 e. The first kappa shape index (κ1) is 19.1. The summed E-state index contributed by atoms with van der Waals surface area (Å²) in [6.45, 7) is 2.53. The Balaban J connectivity index is 1.70. The maximum atomic E-state index is 12.1. The Morgan fingerprint density at radius 1 is 1.26 bits per heavy atom. The van der Waals surface area contributed by atoms with Gasteiger partial charge in [0.25, 0.3) is 0 Å². The van der Waals surface area contributed by atoms with Gasteiger partial charge in [0, 0.05) is 17.1 Å². The Morgan fingerprint density at radius 3 is 2.85 bits per heavy atom. The number of rotatable bonds is 7. The molecule has 2 aromatic heterocycles. The molecule has 0 N–H and O–H groups in total. The van der Waals surface area contributed by atoms with Gasteiger partial charge in [-0.1, -0.05) is 11.6 Å². The molecular formula is C19H17ClN2O4S. The lowest BCUT2D eigenvalue weighted by atomic mass is 10.2. The zero-order valence-electron chi connectivity index (χ0n) is 14.8. The van der Waals surface area contributed by atoms with Gasteiger partial charge >= 0.3 is 5.97 Å². The lowest BCUT2D eigenvalue weighted by Crippen LogP contribution is -2.06. The lowest BCUT2D eigenvalue weighted by Gasteiger charge is -2.09. The van der Waals surface area contributed by atoms with Crippen LogP contribution in [0.3, 0.4) is 0 Å². The van der Waals surface area contributed by atoms with Crippen molar-refractivity contribution in [1.82, 2.24) is 9.97 Å². The second-order valence-electron chi connectivity index (χ2n) is 5.36. The summed E-state index contributed by atoms with van der Waals surface area (Å²) in [5.74, 6) is 0.789. The van der Waals surface area contributed by atoms with E-state index < -0.39 is 5.97 Å². The monoisotopic (exact) mass is 404 g/mol. The number of nitrogens with zero attached hydrogens (tertiary/aromatic N) is 2. The SMILES string of the molecule is CCOc1ccc(-c2nc(COC(=O)c3cccnc3Cl)cs2)cc1OC. The van der Waals surface area contributed by atoms with E-state index in [9.17, 15) is 4.79 Å². The van der Waals surface area contributed by atoms with Crippen LogP contribution in [-0.2, 0) is 11.3 Å². The fourth-order valence-electron chi connectivity index (χ4n) is 2.34. The van der Waals surface area contributed by atoms with Crippen LogP contribution < -0.4 is 9.47 Å². The highest BCUT2D eigenvalue weighted by Gasteiger charge is 2.14. The van der Waals surface area contributed by atoms with Crippen LogP contribution in [0.25, 0.3) is 10.6 Å². The van der Waals surface area contributed by atoms with E-state index >= 15 is 0 Å². The van der Waals surface area contributed by atoms with Gasteiger partial charge in [-0.2, -0.15) is 0 Å². The number of aromatic nitrogens is 2. The van der Waals surface area contributed by atoms with Crippen molar-refractivity contribution < 1.29 is 19.0 Å². The molecule has 0 saturated carbocycles. The lowest BCUT2D eigenvalue weighted by molar-refractivity contribution is 0.0468. The molecule has 140 valence electrons. The minimum atomic E-state index is -0.537. The number of esters is 1. The van der Waals surface area contributed by atoms with E-state index in [2.05, 4.69) is 9.97 Å². The molecule has 0 amide bonds. The van der Waals surface area contributed by atoms with Crippen LogP contribution in [0.1, 0.15) is 23.0 Å². The van der Waals surface area contributed by atoms with E-state index in [4.69, 9.17) is 25.8 Å². The van der Waals surface area contributed by atoms with Gasteiger partial charge in [0.2, 0.25) is 0 Å². The Bertz CT molecular complexity index is 945. The summed E-state index contributed by atoms with van der Waals surface area (Å²) in [6.07, 6.45) is 1.51. The first-order valence-electron chi connectivity index (χ1n) is 8.15. The van der Waals surface area contributed by atoms with Crippen LogP contribution in [-0.4, -0.2) is 29.7 Å². The molecule has 6 nitrogen and oxygen atoms in total. The number of ether oxygens (including phenoxy) is 3. The van der Waals surface area contributed by atoms with E-state index in [-0.39, 0.29) is 17.3 Å². The number of halogens is 1. The van der Waals surface area contributed by atoms with Gasteiger partial charge in [0.05, 0.1) is 25.0 Å². The quantitative estimate of drug-likeness (QED) is 0.422. The zero-order chi connectivity index (χ0) is 19.2. The minimum Gasteiger partial charge on any atom is -0.493 e. The molecule has 0 fully saturated rings. The van der Waals surface area contributed by atoms with E-state index in [1.54, 1.807) is 19.2 Å². The van der Waals surface area contributed by atoms with Crippen molar-refractivity contribution in [3.63, 3.8) is 0 Å². The Morgan fingerprint density at radius 2 is 2.11 bits per heavy atom. The molecule has 0 aliphatic rings. The molecule has 0 aliphatic heterocycles. The summed E-state index contributed by atoms with van der Waals surface area (Å²) >= 11 is 7.36. The van der Waals surface area contributed by atoms with Crippen molar-refractivity contribution in [3.8, 4) is 22.1 Å². The number of thiazole rings is 1. The van der Waals surface area contributed by atoms with Crippen molar-refractivity contribution in [1.29, 1.82) is 0 Å². The minimum absolute atomic E-state index is 0.0503. The molecule has 27 heavy (non-hydrogen) atoms.